The molecular formula is C15H9ClO2. The molecule has 3 rings (SSSR count). The Labute approximate surface area is 109 Å². The molecule has 1 heterocycles. The fourth-order valence-corrected chi connectivity index (χ4v) is 2.03. The fourth-order valence-electron chi connectivity index (χ4n) is 1.91. The van der Waals surface area contributed by atoms with Gasteiger partial charge in [0.2, 0.25) is 0 Å². The molecule has 2 aromatic carbocycles. The van der Waals surface area contributed by atoms with E-state index in [4.69, 9.17) is 16.3 Å². The summed E-state index contributed by atoms with van der Waals surface area (Å²) in [6, 6.07) is 14.7. The third-order valence-corrected chi connectivity index (χ3v) is 3.03. The van der Waals surface area contributed by atoms with Crippen molar-refractivity contribution in [1.29, 1.82) is 0 Å². The average Bonchev–Trinajstić information content (AvgIpc) is 2.69. The van der Waals surface area contributed by atoms with Crippen LogP contribution >= 0.6 is 11.6 Å². The van der Waals surface area contributed by atoms with E-state index in [9.17, 15) is 4.79 Å². The normalized spacial score (nSPS) is 15.6. The molecule has 3 heteroatoms. The van der Waals surface area contributed by atoms with Gasteiger partial charge in [-0.1, -0.05) is 41.9 Å². The number of fused-ring (bicyclic) bond motifs is 1. The molecule has 0 bridgehead atoms. The minimum absolute atomic E-state index is 0.314. The van der Waals surface area contributed by atoms with Crippen molar-refractivity contribution in [3.05, 3.63) is 64.7 Å². The van der Waals surface area contributed by atoms with E-state index in [0.29, 0.717) is 16.3 Å². The Balaban J connectivity index is 2.07. The van der Waals surface area contributed by atoms with Crippen LogP contribution in [0.1, 0.15) is 11.1 Å². The lowest BCUT2D eigenvalue weighted by atomic mass is 10.0. The Kier molecular flexibility index (Phi) is 2.65. The number of carbonyl (C=O) groups is 1. The van der Waals surface area contributed by atoms with Crippen molar-refractivity contribution in [2.75, 3.05) is 0 Å². The third-order valence-electron chi connectivity index (χ3n) is 2.78. The second kappa shape index (κ2) is 4.31. The number of ether oxygens (including phenoxy) is 1. The maximum Gasteiger partial charge on any atom is 0.344 e. The molecule has 0 saturated carbocycles. The van der Waals surface area contributed by atoms with Crippen molar-refractivity contribution < 1.29 is 9.53 Å². The summed E-state index contributed by atoms with van der Waals surface area (Å²) in [5, 5.41) is 0.673. The van der Waals surface area contributed by atoms with Gasteiger partial charge >= 0.3 is 5.97 Å². The molecule has 18 heavy (non-hydrogen) atoms. The lowest BCUT2D eigenvalue weighted by Gasteiger charge is -1.97. The van der Waals surface area contributed by atoms with Crippen LogP contribution in [0.25, 0.3) is 11.6 Å². The summed E-state index contributed by atoms with van der Waals surface area (Å²) >= 11 is 5.83. The van der Waals surface area contributed by atoms with E-state index < -0.39 is 0 Å². The van der Waals surface area contributed by atoms with Gasteiger partial charge in [-0.25, -0.2) is 4.79 Å². The first-order valence-corrected chi connectivity index (χ1v) is 5.91. The first kappa shape index (κ1) is 11.1. The molecule has 0 N–H and O–H groups in total. The molecule has 0 atom stereocenters. The van der Waals surface area contributed by atoms with Crippen LogP contribution in [0, 0.1) is 0 Å². The summed E-state index contributed by atoms with van der Waals surface area (Å²) in [5.41, 5.74) is 2.33. The van der Waals surface area contributed by atoms with Crippen LogP contribution in [-0.2, 0) is 4.79 Å². The molecular weight excluding hydrogens is 248 g/mol. The van der Waals surface area contributed by atoms with Gasteiger partial charge in [-0.15, -0.1) is 0 Å². The molecule has 0 amide bonds. The van der Waals surface area contributed by atoms with Crippen LogP contribution in [0.4, 0.5) is 0 Å². The van der Waals surface area contributed by atoms with Crippen molar-refractivity contribution in [1.82, 2.24) is 0 Å². The number of esters is 1. The fraction of sp³-hybridized carbons (Fsp3) is 0. The highest BCUT2D eigenvalue weighted by atomic mass is 35.5. The third kappa shape index (κ3) is 1.91. The van der Waals surface area contributed by atoms with Gasteiger partial charge in [-0.05, 0) is 29.8 Å². The predicted molar refractivity (Wildman–Crippen MR) is 71.4 cm³/mol. The Morgan fingerprint density at radius 1 is 1.00 bits per heavy atom. The topological polar surface area (TPSA) is 26.3 Å². The monoisotopic (exact) mass is 256 g/mol. The van der Waals surface area contributed by atoms with Crippen molar-refractivity contribution in [2.45, 2.75) is 0 Å². The smallest absolute Gasteiger partial charge is 0.344 e. The van der Waals surface area contributed by atoms with E-state index in [1.807, 2.05) is 36.4 Å². The lowest BCUT2D eigenvalue weighted by molar-refractivity contribution is -0.126. The second-order valence-corrected chi connectivity index (χ2v) is 4.43. The van der Waals surface area contributed by atoms with E-state index in [2.05, 4.69) is 0 Å². The highest BCUT2D eigenvalue weighted by Gasteiger charge is 2.25. The maximum atomic E-state index is 11.8. The minimum atomic E-state index is -0.314. The zero-order valence-corrected chi connectivity index (χ0v) is 10.1. The molecule has 0 fully saturated rings. The van der Waals surface area contributed by atoms with Gasteiger partial charge in [0.25, 0.3) is 0 Å². The molecule has 0 aliphatic carbocycles. The van der Waals surface area contributed by atoms with Crippen LogP contribution < -0.4 is 4.74 Å². The number of benzene rings is 2. The SMILES string of the molecule is O=C1Oc2ccccc2C1=Cc1ccc(Cl)cc1. The van der Waals surface area contributed by atoms with Crippen molar-refractivity contribution >= 4 is 29.2 Å². The number of rotatable bonds is 1. The molecule has 2 nitrogen and oxygen atoms in total. The number of halogens is 1. The average molecular weight is 257 g/mol. The molecule has 0 saturated heterocycles. The van der Waals surface area contributed by atoms with Gasteiger partial charge in [0.05, 0.1) is 5.57 Å². The van der Waals surface area contributed by atoms with E-state index in [1.165, 1.54) is 0 Å². The summed E-state index contributed by atoms with van der Waals surface area (Å²) in [6.07, 6.45) is 1.81. The van der Waals surface area contributed by atoms with Crippen LogP contribution in [0.2, 0.25) is 5.02 Å². The summed E-state index contributed by atoms with van der Waals surface area (Å²) in [6.45, 7) is 0. The number of para-hydroxylation sites is 1. The molecule has 0 aromatic heterocycles. The van der Waals surface area contributed by atoms with Gasteiger partial charge in [0, 0.05) is 10.6 Å². The zero-order chi connectivity index (χ0) is 12.5. The van der Waals surface area contributed by atoms with E-state index in [1.54, 1.807) is 18.2 Å². The number of hydrogen-bond acceptors (Lipinski definition) is 2. The second-order valence-electron chi connectivity index (χ2n) is 4.00. The number of carbonyl (C=O) groups excluding carboxylic acids is 1. The molecule has 88 valence electrons. The molecule has 0 radical (unpaired) electrons. The Hall–Kier alpha value is -2.06. The first-order chi connectivity index (χ1) is 8.74. The van der Waals surface area contributed by atoms with E-state index >= 15 is 0 Å². The van der Waals surface area contributed by atoms with Crippen LogP contribution in [0.5, 0.6) is 5.75 Å². The summed E-state index contributed by atoms with van der Waals surface area (Å²) in [7, 11) is 0. The summed E-state index contributed by atoms with van der Waals surface area (Å²) < 4.78 is 5.18. The van der Waals surface area contributed by atoms with E-state index in [0.717, 1.165) is 11.1 Å². The van der Waals surface area contributed by atoms with Gasteiger partial charge in [-0.2, -0.15) is 0 Å². The molecule has 1 aliphatic rings. The quantitative estimate of drug-likeness (QED) is 0.441. The van der Waals surface area contributed by atoms with Gasteiger partial charge < -0.3 is 4.74 Å². The van der Waals surface area contributed by atoms with Crippen molar-refractivity contribution in [2.24, 2.45) is 0 Å². The van der Waals surface area contributed by atoms with Gasteiger partial charge in [0.1, 0.15) is 5.75 Å². The molecule has 0 unspecified atom stereocenters. The number of hydrogen-bond donors (Lipinski definition) is 0. The molecule has 0 spiro atoms. The summed E-state index contributed by atoms with van der Waals surface area (Å²) in [4.78, 5) is 11.8. The first-order valence-electron chi connectivity index (χ1n) is 5.53. The highest BCUT2D eigenvalue weighted by molar-refractivity contribution is 6.30. The van der Waals surface area contributed by atoms with Gasteiger partial charge in [0.15, 0.2) is 0 Å². The lowest BCUT2D eigenvalue weighted by Crippen LogP contribution is -2.00. The zero-order valence-electron chi connectivity index (χ0n) is 9.39. The Bertz CT molecular complexity index is 642. The standard InChI is InChI=1S/C15H9ClO2/c16-11-7-5-10(6-8-11)9-13-12-3-1-2-4-14(12)18-15(13)17/h1-9H. The Morgan fingerprint density at radius 3 is 2.50 bits per heavy atom. The highest BCUT2D eigenvalue weighted by Crippen LogP contribution is 2.34. The van der Waals surface area contributed by atoms with E-state index in [-0.39, 0.29) is 5.97 Å². The Morgan fingerprint density at radius 2 is 1.72 bits per heavy atom. The molecule has 1 aliphatic heterocycles. The van der Waals surface area contributed by atoms with Crippen LogP contribution in [0.3, 0.4) is 0 Å². The van der Waals surface area contributed by atoms with Crippen molar-refractivity contribution in [3.8, 4) is 5.75 Å². The van der Waals surface area contributed by atoms with Crippen LogP contribution in [0.15, 0.2) is 48.5 Å². The molecule has 2 aromatic rings. The van der Waals surface area contributed by atoms with Gasteiger partial charge in [-0.3, -0.25) is 0 Å². The predicted octanol–water partition coefficient (Wildman–Crippen LogP) is 3.80. The van der Waals surface area contributed by atoms with Crippen molar-refractivity contribution in [3.63, 3.8) is 0 Å². The minimum Gasteiger partial charge on any atom is -0.422 e. The maximum absolute atomic E-state index is 11.8. The largest absolute Gasteiger partial charge is 0.422 e. The van der Waals surface area contributed by atoms with Crippen LogP contribution in [-0.4, -0.2) is 5.97 Å². The summed E-state index contributed by atoms with van der Waals surface area (Å²) in [5.74, 6) is 0.300.